The lowest BCUT2D eigenvalue weighted by atomic mass is 9.99. The van der Waals surface area contributed by atoms with E-state index < -0.39 is 21.8 Å². The van der Waals surface area contributed by atoms with Crippen LogP contribution in [-0.4, -0.2) is 30.8 Å². The lowest BCUT2D eigenvalue weighted by molar-refractivity contribution is -0.394. The standard InChI is InChI=1S/C22H17N7O4/c30-28(31)19-13-7-8-16(14-19)15-23-25-21-24-22(29(32)33)26-27(21)20(17-9-3-1-4-10-17)18-11-5-2-6-12-18/h1-15,20H,(H,24,25,26)/b23-15+. The summed E-state index contributed by atoms with van der Waals surface area (Å²) in [6.45, 7) is 0. The van der Waals surface area contributed by atoms with Crippen molar-refractivity contribution >= 4 is 23.8 Å². The topological polar surface area (TPSA) is 141 Å². The number of nitro groups is 2. The van der Waals surface area contributed by atoms with Crippen molar-refractivity contribution in [3.63, 3.8) is 0 Å². The number of rotatable bonds is 8. The third-order valence-corrected chi connectivity index (χ3v) is 4.72. The molecule has 11 heteroatoms. The first kappa shape index (κ1) is 21.3. The summed E-state index contributed by atoms with van der Waals surface area (Å²) in [7, 11) is 0. The van der Waals surface area contributed by atoms with Crippen molar-refractivity contribution in [1.29, 1.82) is 0 Å². The van der Waals surface area contributed by atoms with Crippen molar-refractivity contribution in [3.05, 3.63) is 122 Å². The Morgan fingerprint density at radius 2 is 1.52 bits per heavy atom. The van der Waals surface area contributed by atoms with Gasteiger partial charge in [-0.05, 0) is 21.0 Å². The van der Waals surface area contributed by atoms with E-state index in [0.717, 1.165) is 11.1 Å². The van der Waals surface area contributed by atoms with E-state index in [1.165, 1.54) is 29.1 Å². The van der Waals surface area contributed by atoms with Crippen molar-refractivity contribution in [2.75, 3.05) is 5.43 Å². The Morgan fingerprint density at radius 3 is 2.09 bits per heavy atom. The molecule has 0 spiro atoms. The maximum absolute atomic E-state index is 11.4. The van der Waals surface area contributed by atoms with E-state index in [-0.39, 0.29) is 11.6 Å². The van der Waals surface area contributed by atoms with Gasteiger partial charge in [-0.1, -0.05) is 72.8 Å². The maximum atomic E-state index is 11.4. The van der Waals surface area contributed by atoms with Crippen LogP contribution in [0.1, 0.15) is 22.7 Å². The quantitative estimate of drug-likeness (QED) is 0.245. The molecule has 0 bridgehead atoms. The predicted molar refractivity (Wildman–Crippen MR) is 121 cm³/mol. The third-order valence-electron chi connectivity index (χ3n) is 4.72. The van der Waals surface area contributed by atoms with Crippen LogP contribution >= 0.6 is 0 Å². The molecule has 3 aromatic carbocycles. The van der Waals surface area contributed by atoms with Crippen LogP contribution in [0, 0.1) is 20.2 Å². The van der Waals surface area contributed by atoms with Crippen molar-refractivity contribution in [2.24, 2.45) is 5.10 Å². The Morgan fingerprint density at radius 1 is 0.879 bits per heavy atom. The SMILES string of the molecule is O=[N+]([O-])c1cccc(/C=N/Nc2nc([N+](=O)[O-])nn2C(c2ccccc2)c2ccccc2)c1. The summed E-state index contributed by atoms with van der Waals surface area (Å²) in [4.78, 5) is 25.2. The van der Waals surface area contributed by atoms with E-state index in [0.29, 0.717) is 5.56 Å². The van der Waals surface area contributed by atoms with Crippen LogP contribution in [0.4, 0.5) is 17.6 Å². The molecular formula is C22H17N7O4. The van der Waals surface area contributed by atoms with Crippen LogP contribution in [0.25, 0.3) is 0 Å². The molecule has 164 valence electrons. The second-order valence-corrected chi connectivity index (χ2v) is 6.88. The molecule has 4 rings (SSSR count). The van der Waals surface area contributed by atoms with Crippen molar-refractivity contribution in [1.82, 2.24) is 14.8 Å². The second kappa shape index (κ2) is 9.47. The Labute approximate surface area is 187 Å². The fourth-order valence-corrected chi connectivity index (χ4v) is 3.27. The molecule has 0 radical (unpaired) electrons. The molecule has 0 aliphatic rings. The molecular weight excluding hydrogens is 426 g/mol. The molecule has 4 aromatic rings. The van der Waals surface area contributed by atoms with Gasteiger partial charge in [0.15, 0.2) is 0 Å². The minimum atomic E-state index is -0.682. The predicted octanol–water partition coefficient (Wildman–Crippen LogP) is 4.18. The van der Waals surface area contributed by atoms with Gasteiger partial charge in [0.1, 0.15) is 6.04 Å². The summed E-state index contributed by atoms with van der Waals surface area (Å²) < 4.78 is 1.40. The number of nitrogens with zero attached hydrogens (tertiary/aromatic N) is 6. The van der Waals surface area contributed by atoms with Crippen LogP contribution in [0.15, 0.2) is 90.0 Å². The molecule has 0 amide bonds. The monoisotopic (exact) mass is 443 g/mol. The highest BCUT2D eigenvalue weighted by atomic mass is 16.6. The Kier molecular flexibility index (Phi) is 6.12. The number of nitrogens with one attached hydrogen (secondary N) is 1. The molecule has 11 nitrogen and oxygen atoms in total. The molecule has 1 N–H and O–H groups in total. The zero-order valence-corrected chi connectivity index (χ0v) is 17.1. The van der Waals surface area contributed by atoms with E-state index in [1.807, 2.05) is 60.7 Å². The first-order valence-electron chi connectivity index (χ1n) is 9.77. The molecule has 1 heterocycles. The number of nitro benzene ring substituents is 1. The number of hydrazone groups is 1. The summed E-state index contributed by atoms with van der Waals surface area (Å²) in [5, 5.41) is 30.5. The van der Waals surface area contributed by atoms with Crippen molar-refractivity contribution < 1.29 is 9.85 Å². The minimum absolute atomic E-state index is 0.0427. The highest BCUT2D eigenvalue weighted by Crippen LogP contribution is 2.29. The van der Waals surface area contributed by atoms with Crippen molar-refractivity contribution in [3.8, 4) is 0 Å². The highest BCUT2D eigenvalue weighted by molar-refractivity contribution is 5.81. The summed E-state index contributed by atoms with van der Waals surface area (Å²) >= 11 is 0. The molecule has 0 fully saturated rings. The fourth-order valence-electron chi connectivity index (χ4n) is 3.27. The smallest absolute Gasteiger partial charge is 0.390 e. The van der Waals surface area contributed by atoms with Gasteiger partial charge in [0, 0.05) is 22.8 Å². The first-order chi connectivity index (χ1) is 16.0. The average molecular weight is 443 g/mol. The number of hydrogen-bond acceptors (Lipinski definition) is 8. The molecule has 0 aliphatic heterocycles. The van der Waals surface area contributed by atoms with Gasteiger partial charge >= 0.3 is 11.9 Å². The van der Waals surface area contributed by atoms with Crippen LogP contribution in [0.3, 0.4) is 0 Å². The molecule has 0 saturated heterocycles. The summed E-state index contributed by atoms with van der Waals surface area (Å²) in [6.07, 6.45) is 1.36. The molecule has 0 aliphatic carbocycles. The zero-order chi connectivity index (χ0) is 23.2. The lowest BCUT2D eigenvalue weighted by Gasteiger charge is -2.17. The van der Waals surface area contributed by atoms with Gasteiger partial charge in [-0.25, -0.2) is 5.43 Å². The average Bonchev–Trinajstić information content (AvgIpc) is 3.25. The van der Waals surface area contributed by atoms with E-state index in [2.05, 4.69) is 20.6 Å². The van der Waals surface area contributed by atoms with E-state index in [4.69, 9.17) is 0 Å². The maximum Gasteiger partial charge on any atom is 0.493 e. The summed E-state index contributed by atoms with van der Waals surface area (Å²) in [6, 6.07) is 24.2. The number of anilines is 1. The van der Waals surface area contributed by atoms with Crippen LogP contribution in [0.2, 0.25) is 0 Å². The highest BCUT2D eigenvalue weighted by Gasteiger charge is 2.29. The third kappa shape index (κ3) is 4.88. The second-order valence-electron chi connectivity index (χ2n) is 6.88. The van der Waals surface area contributed by atoms with Gasteiger partial charge in [-0.3, -0.25) is 10.1 Å². The zero-order valence-electron chi connectivity index (χ0n) is 17.1. The van der Waals surface area contributed by atoms with Gasteiger partial charge in [0.05, 0.1) is 11.1 Å². The van der Waals surface area contributed by atoms with E-state index in [9.17, 15) is 20.2 Å². The van der Waals surface area contributed by atoms with Crippen LogP contribution in [-0.2, 0) is 0 Å². The van der Waals surface area contributed by atoms with Gasteiger partial charge in [-0.2, -0.15) is 5.10 Å². The van der Waals surface area contributed by atoms with Gasteiger partial charge < -0.3 is 10.1 Å². The summed E-state index contributed by atoms with van der Waals surface area (Å²) in [5.74, 6) is -0.541. The molecule has 1 aromatic heterocycles. The molecule has 0 unspecified atom stereocenters. The lowest BCUT2D eigenvalue weighted by Crippen LogP contribution is -2.16. The normalized spacial score (nSPS) is 11.1. The molecule has 0 saturated carbocycles. The minimum Gasteiger partial charge on any atom is -0.390 e. The van der Waals surface area contributed by atoms with Gasteiger partial charge in [-0.15, -0.1) is 4.68 Å². The Bertz CT molecular complexity index is 1270. The van der Waals surface area contributed by atoms with Crippen LogP contribution in [0.5, 0.6) is 0 Å². The van der Waals surface area contributed by atoms with Gasteiger partial charge in [0.25, 0.3) is 5.69 Å². The van der Waals surface area contributed by atoms with Crippen molar-refractivity contribution in [2.45, 2.75) is 6.04 Å². The number of benzene rings is 3. The Hall–Kier alpha value is -4.93. The summed E-state index contributed by atoms with van der Waals surface area (Å²) in [5.41, 5.74) is 4.77. The Balaban J connectivity index is 1.73. The first-order valence-corrected chi connectivity index (χ1v) is 9.77. The van der Waals surface area contributed by atoms with E-state index >= 15 is 0 Å². The largest absolute Gasteiger partial charge is 0.493 e. The number of hydrogen-bond donors (Lipinski definition) is 1. The van der Waals surface area contributed by atoms with Crippen LogP contribution < -0.4 is 5.43 Å². The van der Waals surface area contributed by atoms with Gasteiger partial charge in [0.2, 0.25) is 0 Å². The molecule has 0 atom stereocenters. The number of aromatic nitrogens is 3. The fraction of sp³-hybridized carbons (Fsp3) is 0.0455. The van der Waals surface area contributed by atoms with E-state index in [1.54, 1.807) is 6.07 Å². The molecule has 33 heavy (non-hydrogen) atoms. The number of non-ortho nitro benzene ring substituents is 1.